The average molecular weight is 330 g/mol. The van der Waals surface area contributed by atoms with E-state index in [1.807, 2.05) is 32.0 Å². The maximum atomic E-state index is 12.6. The van der Waals surface area contributed by atoms with E-state index < -0.39 is 10.0 Å². The van der Waals surface area contributed by atoms with Crippen LogP contribution < -0.4 is 9.46 Å². The molecule has 0 saturated carbocycles. The summed E-state index contributed by atoms with van der Waals surface area (Å²) < 4.78 is 33.1. The van der Waals surface area contributed by atoms with Crippen LogP contribution in [0.1, 0.15) is 12.6 Å². The molecule has 6 heteroatoms. The molecule has 0 fully saturated rings. The Morgan fingerprint density at radius 1 is 1.13 bits per heavy atom. The van der Waals surface area contributed by atoms with Crippen LogP contribution in [0.2, 0.25) is 0 Å². The summed E-state index contributed by atoms with van der Waals surface area (Å²) in [6.07, 6.45) is 0. The Bertz CT molecular complexity index is 928. The Kier molecular flexibility index (Phi) is 4.00. The van der Waals surface area contributed by atoms with Gasteiger partial charge in [0.05, 0.1) is 17.2 Å². The quantitative estimate of drug-likeness (QED) is 0.750. The van der Waals surface area contributed by atoms with Gasteiger partial charge in [-0.2, -0.15) is 0 Å². The van der Waals surface area contributed by atoms with Crippen molar-refractivity contribution in [3.63, 3.8) is 0 Å². The summed E-state index contributed by atoms with van der Waals surface area (Å²) in [5.41, 5.74) is 2.43. The number of nitrogens with one attached hydrogen (secondary N) is 2. The summed E-state index contributed by atoms with van der Waals surface area (Å²) in [6.45, 7) is 4.36. The second-order valence-electron chi connectivity index (χ2n) is 5.23. The normalized spacial score (nSPS) is 11.6. The minimum absolute atomic E-state index is 0.199. The average Bonchev–Trinajstić information content (AvgIpc) is 2.89. The maximum absolute atomic E-state index is 12.6. The topological polar surface area (TPSA) is 71.2 Å². The van der Waals surface area contributed by atoms with E-state index >= 15 is 0 Å². The number of hydrogen-bond donors (Lipinski definition) is 2. The molecule has 0 saturated heterocycles. The molecule has 23 heavy (non-hydrogen) atoms. The number of sulfonamides is 1. The summed E-state index contributed by atoms with van der Waals surface area (Å²) in [6, 6.07) is 13.8. The van der Waals surface area contributed by atoms with Crippen LogP contribution in [-0.2, 0) is 10.0 Å². The van der Waals surface area contributed by atoms with E-state index in [0.29, 0.717) is 18.0 Å². The molecular formula is C17H18N2O3S. The second kappa shape index (κ2) is 5.96. The SMILES string of the molecule is CCOc1ccc(S(=O)(=O)Nc2cccc3[nH]c(C)cc23)cc1. The largest absolute Gasteiger partial charge is 0.494 e. The van der Waals surface area contributed by atoms with Gasteiger partial charge in [-0.3, -0.25) is 4.72 Å². The first-order valence-electron chi connectivity index (χ1n) is 7.33. The third-order valence-electron chi connectivity index (χ3n) is 3.49. The lowest BCUT2D eigenvalue weighted by Crippen LogP contribution is -2.13. The van der Waals surface area contributed by atoms with Gasteiger partial charge in [0.15, 0.2) is 0 Å². The predicted molar refractivity (Wildman–Crippen MR) is 91.5 cm³/mol. The third-order valence-corrected chi connectivity index (χ3v) is 4.87. The third kappa shape index (κ3) is 3.17. The van der Waals surface area contributed by atoms with Crippen molar-refractivity contribution in [2.24, 2.45) is 0 Å². The number of ether oxygens (including phenoxy) is 1. The molecule has 0 spiro atoms. The molecule has 0 aliphatic rings. The highest BCUT2D eigenvalue weighted by Gasteiger charge is 2.16. The van der Waals surface area contributed by atoms with E-state index in [4.69, 9.17) is 4.74 Å². The van der Waals surface area contributed by atoms with Crippen LogP contribution >= 0.6 is 0 Å². The molecule has 2 N–H and O–H groups in total. The number of anilines is 1. The maximum Gasteiger partial charge on any atom is 0.261 e. The molecule has 0 aliphatic heterocycles. The fraction of sp³-hybridized carbons (Fsp3) is 0.176. The number of hydrogen-bond acceptors (Lipinski definition) is 3. The first-order chi connectivity index (χ1) is 11.0. The van der Waals surface area contributed by atoms with Crippen molar-refractivity contribution < 1.29 is 13.2 Å². The van der Waals surface area contributed by atoms with Crippen molar-refractivity contribution in [3.05, 3.63) is 54.2 Å². The summed E-state index contributed by atoms with van der Waals surface area (Å²) in [4.78, 5) is 3.39. The molecule has 3 aromatic rings. The van der Waals surface area contributed by atoms with Crippen LogP contribution in [-0.4, -0.2) is 20.0 Å². The van der Waals surface area contributed by atoms with Crippen molar-refractivity contribution in [2.45, 2.75) is 18.7 Å². The van der Waals surface area contributed by atoms with Crippen molar-refractivity contribution in [1.29, 1.82) is 0 Å². The number of aromatic amines is 1. The van der Waals surface area contributed by atoms with E-state index in [0.717, 1.165) is 16.6 Å². The molecule has 2 aromatic carbocycles. The zero-order chi connectivity index (χ0) is 16.4. The predicted octanol–water partition coefficient (Wildman–Crippen LogP) is 3.68. The molecule has 0 unspecified atom stereocenters. The van der Waals surface area contributed by atoms with Gasteiger partial charge in [0.25, 0.3) is 10.0 Å². The van der Waals surface area contributed by atoms with Gasteiger partial charge in [0.2, 0.25) is 0 Å². The molecule has 0 radical (unpaired) electrons. The molecule has 0 atom stereocenters. The van der Waals surface area contributed by atoms with Gasteiger partial charge in [0.1, 0.15) is 5.75 Å². The molecule has 1 heterocycles. The van der Waals surface area contributed by atoms with E-state index in [2.05, 4.69) is 9.71 Å². The minimum Gasteiger partial charge on any atom is -0.494 e. The van der Waals surface area contributed by atoms with E-state index in [-0.39, 0.29) is 4.90 Å². The Morgan fingerprint density at radius 3 is 2.57 bits per heavy atom. The number of fused-ring (bicyclic) bond motifs is 1. The van der Waals surface area contributed by atoms with Crippen LogP contribution in [0.3, 0.4) is 0 Å². The van der Waals surface area contributed by atoms with Crippen LogP contribution in [0.4, 0.5) is 5.69 Å². The van der Waals surface area contributed by atoms with Crippen molar-refractivity contribution in [3.8, 4) is 5.75 Å². The van der Waals surface area contributed by atoms with Gasteiger partial charge in [0, 0.05) is 16.6 Å². The van der Waals surface area contributed by atoms with E-state index in [1.165, 1.54) is 12.1 Å². The van der Waals surface area contributed by atoms with Gasteiger partial charge >= 0.3 is 0 Å². The van der Waals surface area contributed by atoms with Crippen LogP contribution in [0, 0.1) is 6.92 Å². The molecule has 1 aromatic heterocycles. The summed E-state index contributed by atoms with van der Waals surface area (Å²) in [5.74, 6) is 0.648. The lowest BCUT2D eigenvalue weighted by molar-refractivity contribution is 0.340. The van der Waals surface area contributed by atoms with Crippen LogP contribution in [0.5, 0.6) is 5.75 Å². The Hall–Kier alpha value is -2.47. The fourth-order valence-corrected chi connectivity index (χ4v) is 3.55. The molecular weight excluding hydrogens is 312 g/mol. The minimum atomic E-state index is -3.65. The van der Waals surface area contributed by atoms with Gasteiger partial charge in [-0.15, -0.1) is 0 Å². The smallest absolute Gasteiger partial charge is 0.261 e. The molecule has 3 rings (SSSR count). The molecule has 120 valence electrons. The van der Waals surface area contributed by atoms with Gasteiger partial charge in [-0.05, 0) is 56.3 Å². The molecule has 0 aliphatic carbocycles. The number of aromatic nitrogens is 1. The summed E-state index contributed by atoms with van der Waals surface area (Å²) >= 11 is 0. The number of aryl methyl sites for hydroxylation is 1. The Morgan fingerprint density at radius 2 is 1.87 bits per heavy atom. The van der Waals surface area contributed by atoms with Gasteiger partial charge < -0.3 is 9.72 Å². The summed E-state index contributed by atoms with van der Waals surface area (Å²) in [5, 5.41) is 0.847. The second-order valence-corrected chi connectivity index (χ2v) is 6.91. The van der Waals surface area contributed by atoms with E-state index in [1.54, 1.807) is 18.2 Å². The molecule has 0 amide bonds. The highest BCUT2D eigenvalue weighted by Crippen LogP contribution is 2.27. The van der Waals surface area contributed by atoms with Crippen LogP contribution in [0.25, 0.3) is 10.9 Å². The van der Waals surface area contributed by atoms with Crippen molar-refractivity contribution >= 4 is 26.6 Å². The van der Waals surface area contributed by atoms with Gasteiger partial charge in [-0.1, -0.05) is 6.07 Å². The highest BCUT2D eigenvalue weighted by atomic mass is 32.2. The van der Waals surface area contributed by atoms with E-state index in [9.17, 15) is 8.42 Å². The highest BCUT2D eigenvalue weighted by molar-refractivity contribution is 7.92. The molecule has 5 nitrogen and oxygen atoms in total. The van der Waals surface area contributed by atoms with Crippen LogP contribution in [0.15, 0.2) is 53.4 Å². The Labute approximate surface area is 135 Å². The van der Waals surface area contributed by atoms with Gasteiger partial charge in [-0.25, -0.2) is 8.42 Å². The van der Waals surface area contributed by atoms with Crippen molar-refractivity contribution in [2.75, 3.05) is 11.3 Å². The zero-order valence-corrected chi connectivity index (χ0v) is 13.8. The number of benzene rings is 2. The Balaban J connectivity index is 1.93. The lowest BCUT2D eigenvalue weighted by Gasteiger charge is -2.10. The number of rotatable bonds is 5. The standard InChI is InChI=1S/C17H18N2O3S/c1-3-22-13-7-9-14(10-8-13)23(20,21)19-17-6-4-5-16-15(17)11-12(2)18-16/h4-11,18-19H,3H2,1-2H3. The van der Waals surface area contributed by atoms with Crippen molar-refractivity contribution in [1.82, 2.24) is 4.98 Å². The lowest BCUT2D eigenvalue weighted by atomic mass is 10.2. The zero-order valence-electron chi connectivity index (χ0n) is 13.0. The first-order valence-corrected chi connectivity index (χ1v) is 8.82. The molecule has 0 bridgehead atoms. The summed E-state index contributed by atoms with van der Waals surface area (Å²) in [7, 11) is -3.65. The first kappa shape index (κ1) is 15.4. The fourth-order valence-electron chi connectivity index (χ4n) is 2.47. The monoisotopic (exact) mass is 330 g/mol. The number of H-pyrrole nitrogens is 1.